The van der Waals surface area contributed by atoms with Crippen molar-refractivity contribution in [2.45, 2.75) is 39.3 Å². The first-order valence-electron chi connectivity index (χ1n) is 13.3. The van der Waals surface area contributed by atoms with Crippen molar-refractivity contribution in [3.63, 3.8) is 0 Å². The first-order valence-corrected chi connectivity index (χ1v) is 13.3. The zero-order valence-corrected chi connectivity index (χ0v) is 23.3. The zero-order chi connectivity index (χ0) is 28.9. The van der Waals surface area contributed by atoms with Gasteiger partial charge < -0.3 is 14.4 Å². The number of benzene rings is 1. The van der Waals surface area contributed by atoms with E-state index in [0.29, 0.717) is 35.1 Å². The summed E-state index contributed by atoms with van der Waals surface area (Å²) in [7, 11) is 3.01. The Bertz CT molecular complexity index is 1590. The summed E-state index contributed by atoms with van der Waals surface area (Å²) in [4.78, 5) is 45.2. The lowest BCUT2D eigenvalue weighted by Gasteiger charge is -2.40. The largest absolute Gasteiger partial charge is 0.481 e. The van der Waals surface area contributed by atoms with Crippen LogP contribution in [0.4, 0.5) is 5.95 Å². The minimum atomic E-state index is -0.622. The third-order valence-corrected chi connectivity index (χ3v) is 6.87. The molecule has 1 aliphatic rings. The number of unbranched alkanes of at least 4 members (excludes halogenated alkanes) is 1. The fourth-order valence-electron chi connectivity index (χ4n) is 4.69. The molecule has 12 nitrogen and oxygen atoms in total. The Balaban J connectivity index is 1.45. The molecule has 1 amide bonds. The van der Waals surface area contributed by atoms with E-state index in [1.165, 1.54) is 14.2 Å². The Labute approximate surface area is 236 Å². The van der Waals surface area contributed by atoms with Gasteiger partial charge in [0, 0.05) is 47.8 Å². The van der Waals surface area contributed by atoms with E-state index < -0.39 is 5.76 Å². The molecule has 1 unspecified atom stereocenters. The number of ether oxygens (including phenoxy) is 2. The van der Waals surface area contributed by atoms with E-state index in [0.717, 1.165) is 36.2 Å². The smallest absolute Gasteiger partial charge is 0.439 e. The molecule has 3 aromatic heterocycles. The van der Waals surface area contributed by atoms with Gasteiger partial charge in [-0.15, -0.1) is 0 Å². The number of methoxy groups -OCH3 is 2. The van der Waals surface area contributed by atoms with Crippen LogP contribution in [0.5, 0.6) is 11.8 Å². The Morgan fingerprint density at radius 3 is 2.37 bits per heavy atom. The molecule has 0 fully saturated rings. The van der Waals surface area contributed by atoms with Crippen molar-refractivity contribution in [1.29, 1.82) is 0 Å². The summed E-state index contributed by atoms with van der Waals surface area (Å²) in [6, 6.07) is 12.9. The highest BCUT2D eigenvalue weighted by Gasteiger charge is 2.35. The maximum atomic E-state index is 13.8. The highest BCUT2D eigenvalue weighted by molar-refractivity contribution is 6.06. The minimum Gasteiger partial charge on any atom is -0.481 e. The summed E-state index contributed by atoms with van der Waals surface area (Å²) in [5.74, 6) is 0.308. The first kappa shape index (κ1) is 27.6. The number of nitrogens with one attached hydrogen (secondary N) is 1. The van der Waals surface area contributed by atoms with E-state index in [4.69, 9.17) is 9.47 Å². The van der Waals surface area contributed by atoms with E-state index in [-0.39, 0.29) is 18.0 Å². The summed E-state index contributed by atoms with van der Waals surface area (Å²) >= 11 is 0. The molecule has 1 atom stereocenters. The van der Waals surface area contributed by atoms with Gasteiger partial charge in [-0.05, 0) is 25.0 Å². The number of hydrogen-bond donors (Lipinski definition) is 1. The second-order valence-corrected chi connectivity index (χ2v) is 9.51. The normalized spacial score (nSPS) is 15.2. The Morgan fingerprint density at radius 2 is 1.76 bits per heavy atom. The lowest BCUT2D eigenvalue weighted by Crippen LogP contribution is -2.53. The molecule has 0 radical (unpaired) electrons. The molecule has 0 saturated heterocycles. The third kappa shape index (κ3) is 5.81. The van der Waals surface area contributed by atoms with E-state index in [2.05, 4.69) is 41.4 Å². The molecule has 5 rings (SSSR count). The number of rotatable bonds is 10. The molecule has 1 aromatic carbocycles. The van der Waals surface area contributed by atoms with Gasteiger partial charge in [0.05, 0.1) is 20.3 Å². The van der Waals surface area contributed by atoms with Crippen LogP contribution in [0.2, 0.25) is 0 Å². The molecule has 0 aliphatic carbocycles. The quantitative estimate of drug-likeness (QED) is 0.306. The lowest BCUT2D eigenvalue weighted by atomic mass is 9.99. The number of carbonyl (C=O) groups is 1. The first-order chi connectivity index (χ1) is 19.9. The van der Waals surface area contributed by atoms with Crippen LogP contribution in [0.1, 0.15) is 32.4 Å². The number of carbonyl (C=O) groups excluding carboxylic acids is 1. The van der Waals surface area contributed by atoms with Gasteiger partial charge in [-0.2, -0.15) is 9.97 Å². The van der Waals surface area contributed by atoms with Crippen molar-refractivity contribution in [3.05, 3.63) is 76.7 Å². The SMILES string of the molecule is CCCCN1C=C(Cc2ccc(-c3ccccc3-c3noc(=O)[nH]3)cn2)C(=O)N(c2nc(OC)cc(OC)n2)C1C. The maximum absolute atomic E-state index is 13.8. The van der Waals surface area contributed by atoms with Gasteiger partial charge in [0.15, 0.2) is 5.82 Å². The predicted octanol–water partition coefficient (Wildman–Crippen LogP) is 3.82. The van der Waals surface area contributed by atoms with Crippen LogP contribution in [-0.4, -0.2) is 62.8 Å². The molecule has 0 spiro atoms. The van der Waals surface area contributed by atoms with Crippen molar-refractivity contribution in [2.75, 3.05) is 25.7 Å². The molecule has 0 bridgehead atoms. The second-order valence-electron chi connectivity index (χ2n) is 9.51. The number of pyridine rings is 1. The molecule has 1 aliphatic heterocycles. The summed E-state index contributed by atoms with van der Waals surface area (Å²) in [6.07, 6.45) is 5.63. The third-order valence-electron chi connectivity index (χ3n) is 6.87. The standard InChI is InChI=1S/C29H31N7O5/c1-5-6-13-35-17-20(27(37)36(18(35)2)28-31-24(39-3)15-25(32-28)40-4)14-21-12-11-19(16-30-21)22-9-7-8-10-23(22)26-33-29(38)41-34-26/h7-12,15-18H,5-6,13-14H2,1-4H3,(H,33,34,38). The van der Waals surface area contributed by atoms with Crippen LogP contribution >= 0.6 is 0 Å². The molecule has 0 saturated carbocycles. The van der Waals surface area contributed by atoms with E-state index in [1.54, 1.807) is 17.2 Å². The zero-order valence-electron chi connectivity index (χ0n) is 23.3. The van der Waals surface area contributed by atoms with Crippen LogP contribution in [0.15, 0.2) is 69.8 Å². The van der Waals surface area contributed by atoms with E-state index >= 15 is 0 Å². The number of aromatic amines is 1. The number of hydrogen-bond acceptors (Lipinski definition) is 10. The second kappa shape index (κ2) is 12.0. The molecule has 41 heavy (non-hydrogen) atoms. The van der Waals surface area contributed by atoms with Crippen LogP contribution in [0, 0.1) is 0 Å². The summed E-state index contributed by atoms with van der Waals surface area (Å²) in [5, 5.41) is 3.82. The summed E-state index contributed by atoms with van der Waals surface area (Å²) < 4.78 is 15.3. The average molecular weight is 558 g/mol. The van der Waals surface area contributed by atoms with Crippen molar-refractivity contribution >= 4 is 11.9 Å². The number of H-pyrrole nitrogens is 1. The highest BCUT2D eigenvalue weighted by atomic mass is 16.5. The van der Waals surface area contributed by atoms with Gasteiger partial charge in [-0.1, -0.05) is 48.8 Å². The van der Waals surface area contributed by atoms with Gasteiger partial charge in [-0.3, -0.25) is 24.2 Å². The number of nitrogens with zero attached hydrogens (tertiary/aromatic N) is 6. The summed E-state index contributed by atoms with van der Waals surface area (Å²) in [5.41, 5.74) is 3.65. The number of aromatic nitrogens is 5. The molecule has 212 valence electrons. The number of amides is 1. The molecular formula is C29H31N7O5. The summed E-state index contributed by atoms with van der Waals surface area (Å²) in [6.45, 7) is 4.84. The topological polar surface area (TPSA) is 140 Å². The van der Waals surface area contributed by atoms with Crippen molar-refractivity contribution in [1.82, 2.24) is 30.0 Å². The van der Waals surface area contributed by atoms with Crippen LogP contribution < -0.4 is 20.1 Å². The van der Waals surface area contributed by atoms with Crippen LogP contribution in [0.25, 0.3) is 22.5 Å². The molecule has 1 N–H and O–H groups in total. The van der Waals surface area contributed by atoms with E-state index in [1.807, 2.05) is 49.5 Å². The molecule has 4 aromatic rings. The Hall–Kier alpha value is -5.00. The predicted molar refractivity (Wildman–Crippen MR) is 151 cm³/mol. The van der Waals surface area contributed by atoms with Gasteiger partial charge in [0.1, 0.15) is 6.17 Å². The van der Waals surface area contributed by atoms with Crippen LogP contribution in [-0.2, 0) is 11.2 Å². The maximum Gasteiger partial charge on any atom is 0.439 e. The van der Waals surface area contributed by atoms with Crippen molar-refractivity contribution in [3.8, 4) is 34.3 Å². The van der Waals surface area contributed by atoms with Gasteiger partial charge in [-0.25, -0.2) is 4.79 Å². The lowest BCUT2D eigenvalue weighted by molar-refractivity contribution is -0.117. The van der Waals surface area contributed by atoms with Gasteiger partial charge in [0.2, 0.25) is 17.7 Å². The molecule has 4 heterocycles. The van der Waals surface area contributed by atoms with Crippen LogP contribution in [0.3, 0.4) is 0 Å². The van der Waals surface area contributed by atoms with Crippen molar-refractivity contribution < 1.29 is 18.8 Å². The number of anilines is 1. The highest BCUT2D eigenvalue weighted by Crippen LogP contribution is 2.31. The fourth-order valence-corrected chi connectivity index (χ4v) is 4.69. The Morgan fingerprint density at radius 1 is 1.02 bits per heavy atom. The monoisotopic (exact) mass is 557 g/mol. The van der Waals surface area contributed by atoms with Gasteiger partial charge in [0.25, 0.3) is 5.91 Å². The Kier molecular flexibility index (Phi) is 8.09. The van der Waals surface area contributed by atoms with Gasteiger partial charge >= 0.3 is 5.76 Å². The molecular weight excluding hydrogens is 526 g/mol. The fraction of sp³-hybridized carbons (Fsp3) is 0.310. The minimum absolute atomic E-state index is 0.205. The molecule has 12 heteroatoms. The average Bonchev–Trinajstić information content (AvgIpc) is 3.44. The van der Waals surface area contributed by atoms with E-state index in [9.17, 15) is 9.59 Å². The van der Waals surface area contributed by atoms with Crippen molar-refractivity contribution in [2.24, 2.45) is 0 Å².